The van der Waals surface area contributed by atoms with E-state index in [2.05, 4.69) is 140 Å². The summed E-state index contributed by atoms with van der Waals surface area (Å²) in [4.78, 5) is 0. The van der Waals surface area contributed by atoms with Gasteiger partial charge in [-0.15, -0.1) is 0 Å². The first-order valence-electron chi connectivity index (χ1n) is 12.4. The van der Waals surface area contributed by atoms with Crippen molar-refractivity contribution in [1.82, 2.24) is 0 Å². The average Bonchev–Trinajstić information content (AvgIpc) is 3.21. The summed E-state index contributed by atoms with van der Waals surface area (Å²) in [6.45, 7) is 4.54. The lowest BCUT2D eigenvalue weighted by molar-refractivity contribution is 0.766. The van der Waals surface area contributed by atoms with Gasteiger partial charge < -0.3 is 5.32 Å². The van der Waals surface area contributed by atoms with Gasteiger partial charge in [-0.2, -0.15) is 0 Å². The number of hydrogen-bond acceptors (Lipinski definition) is 1. The van der Waals surface area contributed by atoms with Crippen LogP contribution in [0.15, 0.2) is 127 Å². The summed E-state index contributed by atoms with van der Waals surface area (Å²) in [7, 11) is 0. The highest BCUT2D eigenvalue weighted by Crippen LogP contribution is 2.56. The molecule has 6 rings (SSSR count). The molecule has 0 fully saturated rings. The van der Waals surface area contributed by atoms with Crippen LogP contribution in [0.4, 0.5) is 11.4 Å². The van der Waals surface area contributed by atoms with Crippen LogP contribution in [0.1, 0.15) is 47.6 Å². The van der Waals surface area contributed by atoms with Crippen molar-refractivity contribution in [2.45, 2.75) is 25.2 Å². The molecule has 0 radical (unpaired) electrons. The zero-order chi connectivity index (χ0) is 23.8. The molecule has 5 aromatic carbocycles. The highest BCUT2D eigenvalue weighted by Gasteiger charge is 2.45. The van der Waals surface area contributed by atoms with Crippen LogP contribution in [0.5, 0.6) is 0 Å². The van der Waals surface area contributed by atoms with Crippen LogP contribution in [0.2, 0.25) is 0 Å². The molecule has 35 heavy (non-hydrogen) atoms. The Morgan fingerprint density at radius 2 is 1.09 bits per heavy atom. The van der Waals surface area contributed by atoms with Crippen LogP contribution in [0.3, 0.4) is 0 Å². The zero-order valence-corrected chi connectivity index (χ0v) is 20.2. The summed E-state index contributed by atoms with van der Waals surface area (Å²) < 4.78 is 0. The molecule has 1 N–H and O–H groups in total. The van der Waals surface area contributed by atoms with Gasteiger partial charge in [0.05, 0.1) is 5.41 Å². The summed E-state index contributed by atoms with van der Waals surface area (Å²) in [5, 5.41) is 3.53. The van der Waals surface area contributed by atoms with E-state index in [0.717, 1.165) is 11.4 Å². The van der Waals surface area contributed by atoms with Crippen molar-refractivity contribution in [3.05, 3.63) is 155 Å². The first-order chi connectivity index (χ1) is 17.2. The number of para-hydroxylation sites is 1. The van der Waals surface area contributed by atoms with Gasteiger partial charge in [0.15, 0.2) is 0 Å². The Morgan fingerprint density at radius 1 is 0.514 bits per heavy atom. The monoisotopic (exact) mass is 451 g/mol. The Labute approximate surface area is 208 Å². The molecular weight excluding hydrogens is 422 g/mol. The Kier molecular flexibility index (Phi) is 5.26. The SMILES string of the molecule is CC(C)c1ccc2c(c1)-c1ccccc1C2(c1ccccc1)c1ccc(Nc2ccccc2)cc1. The maximum Gasteiger partial charge on any atom is 0.0713 e. The predicted molar refractivity (Wildman–Crippen MR) is 148 cm³/mol. The second-order valence-electron chi connectivity index (χ2n) is 9.69. The smallest absolute Gasteiger partial charge is 0.0713 e. The molecule has 0 saturated carbocycles. The minimum Gasteiger partial charge on any atom is -0.356 e. The predicted octanol–water partition coefficient (Wildman–Crippen LogP) is 8.92. The van der Waals surface area contributed by atoms with Crippen molar-refractivity contribution in [2.24, 2.45) is 0 Å². The molecular formula is C34H29N. The van der Waals surface area contributed by atoms with E-state index in [9.17, 15) is 0 Å². The van der Waals surface area contributed by atoms with Crippen LogP contribution < -0.4 is 5.32 Å². The van der Waals surface area contributed by atoms with Gasteiger partial charge in [-0.05, 0) is 69.1 Å². The van der Waals surface area contributed by atoms with Crippen molar-refractivity contribution in [1.29, 1.82) is 0 Å². The van der Waals surface area contributed by atoms with E-state index in [1.165, 1.54) is 38.9 Å². The number of anilines is 2. The van der Waals surface area contributed by atoms with Gasteiger partial charge in [0.2, 0.25) is 0 Å². The van der Waals surface area contributed by atoms with E-state index in [1.807, 2.05) is 6.07 Å². The number of fused-ring (bicyclic) bond motifs is 3. The lowest BCUT2D eigenvalue weighted by atomic mass is 9.67. The summed E-state index contributed by atoms with van der Waals surface area (Å²) in [5.74, 6) is 0.488. The quantitative estimate of drug-likeness (QED) is 0.276. The summed E-state index contributed by atoms with van der Waals surface area (Å²) in [5.41, 5.74) is 11.2. The third-order valence-corrected chi connectivity index (χ3v) is 7.32. The van der Waals surface area contributed by atoms with E-state index in [-0.39, 0.29) is 5.41 Å². The molecule has 1 nitrogen and oxygen atoms in total. The van der Waals surface area contributed by atoms with E-state index >= 15 is 0 Å². The molecule has 0 spiro atoms. The molecule has 1 aliphatic rings. The average molecular weight is 452 g/mol. The van der Waals surface area contributed by atoms with Crippen LogP contribution in [0.25, 0.3) is 11.1 Å². The Morgan fingerprint density at radius 3 is 1.80 bits per heavy atom. The maximum absolute atomic E-state index is 3.53. The molecule has 1 aliphatic carbocycles. The fourth-order valence-corrected chi connectivity index (χ4v) is 5.63. The van der Waals surface area contributed by atoms with Crippen molar-refractivity contribution < 1.29 is 0 Å². The Bertz CT molecular complexity index is 1470. The number of rotatable bonds is 5. The topological polar surface area (TPSA) is 12.0 Å². The van der Waals surface area contributed by atoms with Crippen LogP contribution >= 0.6 is 0 Å². The lowest BCUT2D eigenvalue weighted by Crippen LogP contribution is -2.28. The second kappa shape index (κ2) is 8.60. The van der Waals surface area contributed by atoms with E-state index < -0.39 is 0 Å². The maximum atomic E-state index is 3.53. The molecule has 0 aromatic heterocycles. The Hall–Kier alpha value is -4.10. The molecule has 1 atom stereocenters. The first-order valence-corrected chi connectivity index (χ1v) is 12.4. The summed E-state index contributed by atoms with van der Waals surface area (Å²) >= 11 is 0. The van der Waals surface area contributed by atoms with Crippen LogP contribution in [-0.2, 0) is 5.41 Å². The zero-order valence-electron chi connectivity index (χ0n) is 20.2. The minimum absolute atomic E-state index is 0.353. The molecule has 0 bridgehead atoms. The lowest BCUT2D eigenvalue weighted by Gasteiger charge is -2.34. The summed E-state index contributed by atoms with van der Waals surface area (Å²) in [6, 6.07) is 46.3. The molecule has 1 unspecified atom stereocenters. The van der Waals surface area contributed by atoms with Gasteiger partial charge in [0.25, 0.3) is 0 Å². The van der Waals surface area contributed by atoms with Gasteiger partial charge >= 0.3 is 0 Å². The molecule has 0 heterocycles. The minimum atomic E-state index is -0.353. The molecule has 170 valence electrons. The van der Waals surface area contributed by atoms with Gasteiger partial charge in [-0.1, -0.05) is 117 Å². The number of hydrogen-bond donors (Lipinski definition) is 1. The van der Waals surface area contributed by atoms with Gasteiger partial charge in [-0.3, -0.25) is 0 Å². The molecule has 1 heteroatoms. The molecule has 0 aliphatic heterocycles. The highest BCUT2D eigenvalue weighted by molar-refractivity contribution is 5.86. The fourth-order valence-electron chi connectivity index (χ4n) is 5.63. The van der Waals surface area contributed by atoms with Crippen LogP contribution in [0, 0.1) is 0 Å². The summed E-state index contributed by atoms with van der Waals surface area (Å²) in [6.07, 6.45) is 0. The van der Waals surface area contributed by atoms with E-state index in [1.54, 1.807) is 0 Å². The number of benzene rings is 5. The van der Waals surface area contributed by atoms with Crippen molar-refractivity contribution in [3.8, 4) is 11.1 Å². The number of nitrogens with one attached hydrogen (secondary N) is 1. The van der Waals surface area contributed by atoms with Crippen molar-refractivity contribution in [2.75, 3.05) is 5.32 Å². The van der Waals surface area contributed by atoms with Gasteiger partial charge in [0.1, 0.15) is 0 Å². The third-order valence-electron chi connectivity index (χ3n) is 7.32. The van der Waals surface area contributed by atoms with Gasteiger partial charge in [-0.25, -0.2) is 0 Å². The van der Waals surface area contributed by atoms with E-state index in [4.69, 9.17) is 0 Å². The first kappa shape index (κ1) is 21.4. The normalized spacial score (nSPS) is 16.1. The fraction of sp³-hybridized carbons (Fsp3) is 0.118. The standard InChI is InChI=1S/C34H29N/c1-24(2)25-17-22-33-31(23-25)30-15-9-10-16-32(30)34(33,26-11-5-3-6-12-26)27-18-20-29(21-19-27)35-28-13-7-4-8-14-28/h3-24,35H,1-2H3. The Balaban J connectivity index is 1.57. The second-order valence-corrected chi connectivity index (χ2v) is 9.69. The molecule has 0 saturated heterocycles. The van der Waals surface area contributed by atoms with Crippen molar-refractivity contribution >= 4 is 11.4 Å². The van der Waals surface area contributed by atoms with E-state index in [0.29, 0.717) is 5.92 Å². The van der Waals surface area contributed by atoms with Crippen molar-refractivity contribution in [3.63, 3.8) is 0 Å². The largest absolute Gasteiger partial charge is 0.356 e. The molecule has 5 aromatic rings. The van der Waals surface area contributed by atoms with Gasteiger partial charge in [0, 0.05) is 11.4 Å². The van der Waals surface area contributed by atoms with Crippen LogP contribution in [-0.4, -0.2) is 0 Å². The molecule has 0 amide bonds. The third kappa shape index (κ3) is 3.47. The highest BCUT2D eigenvalue weighted by atomic mass is 14.9.